The summed E-state index contributed by atoms with van der Waals surface area (Å²) >= 11 is 0. The van der Waals surface area contributed by atoms with Gasteiger partial charge >= 0.3 is 11.9 Å². The molecule has 0 aromatic carbocycles. The number of rotatable bonds is 4. The summed E-state index contributed by atoms with van der Waals surface area (Å²) < 4.78 is 0. The molecule has 4 N–H and O–H groups in total. The summed E-state index contributed by atoms with van der Waals surface area (Å²) in [5, 5.41) is 17.9. The second-order valence-electron chi connectivity index (χ2n) is 3.92. The van der Waals surface area contributed by atoms with Crippen molar-refractivity contribution in [2.24, 2.45) is 0 Å². The van der Waals surface area contributed by atoms with E-state index >= 15 is 0 Å². The first-order valence-corrected chi connectivity index (χ1v) is 5.85. The van der Waals surface area contributed by atoms with Crippen LogP contribution in [0.3, 0.4) is 0 Å². The van der Waals surface area contributed by atoms with Gasteiger partial charge in [-0.1, -0.05) is 12.2 Å². The maximum absolute atomic E-state index is 10.8. The lowest BCUT2D eigenvalue weighted by atomic mass is 10.2. The minimum Gasteiger partial charge on any atom is -0.473 e. The number of hydrogen-bond donors (Lipinski definition) is 4. The normalized spacial score (nSPS) is 11.5. The van der Waals surface area contributed by atoms with E-state index in [1.807, 2.05) is 13.1 Å². The number of H-pyrrole nitrogens is 1. The Morgan fingerprint density at radius 2 is 1.95 bits per heavy atom. The molecule has 0 amide bonds. The van der Waals surface area contributed by atoms with Gasteiger partial charge in [0.2, 0.25) is 5.56 Å². The predicted molar refractivity (Wildman–Crippen MR) is 74.5 cm³/mol. The molecule has 7 nitrogen and oxygen atoms in total. The highest BCUT2D eigenvalue weighted by Crippen LogP contribution is 1.99. The molecule has 0 spiro atoms. The number of carboxylic acid groups (broad SMARTS) is 2. The van der Waals surface area contributed by atoms with E-state index in [0.29, 0.717) is 6.04 Å². The van der Waals surface area contributed by atoms with Crippen LogP contribution in [0.25, 0.3) is 6.08 Å². The molecule has 0 fully saturated rings. The molecule has 1 atom stereocenters. The van der Waals surface area contributed by atoms with Crippen molar-refractivity contribution >= 4 is 18.0 Å². The third-order valence-electron chi connectivity index (χ3n) is 2.28. The van der Waals surface area contributed by atoms with Gasteiger partial charge in [-0.15, -0.1) is 0 Å². The minimum atomic E-state index is -1.82. The topological polar surface area (TPSA) is 119 Å². The fraction of sp³-hybridized carbons (Fsp3) is 0.308. The van der Waals surface area contributed by atoms with Gasteiger partial charge in [0.1, 0.15) is 0 Å². The Morgan fingerprint density at radius 3 is 2.35 bits per heavy atom. The van der Waals surface area contributed by atoms with Gasteiger partial charge in [-0.25, -0.2) is 9.59 Å². The van der Waals surface area contributed by atoms with E-state index in [1.54, 1.807) is 12.3 Å². The number of nitrogens with one attached hydrogen (secondary N) is 2. The van der Waals surface area contributed by atoms with Crippen molar-refractivity contribution in [3.63, 3.8) is 0 Å². The summed E-state index contributed by atoms with van der Waals surface area (Å²) in [5.74, 6) is -3.65. The Bertz CT molecular complexity index is 489. The summed E-state index contributed by atoms with van der Waals surface area (Å²) in [6.45, 7) is 2.12. The van der Waals surface area contributed by atoms with E-state index in [0.717, 1.165) is 12.0 Å². The molecule has 20 heavy (non-hydrogen) atoms. The first kappa shape index (κ1) is 17.6. The van der Waals surface area contributed by atoms with Crippen molar-refractivity contribution in [2.45, 2.75) is 19.4 Å². The lowest BCUT2D eigenvalue weighted by molar-refractivity contribution is -0.159. The van der Waals surface area contributed by atoms with Crippen molar-refractivity contribution in [2.75, 3.05) is 7.05 Å². The molecule has 110 valence electrons. The van der Waals surface area contributed by atoms with E-state index in [1.165, 1.54) is 6.07 Å². The quantitative estimate of drug-likeness (QED) is 0.598. The Morgan fingerprint density at radius 1 is 1.35 bits per heavy atom. The lowest BCUT2D eigenvalue weighted by Gasteiger charge is -2.04. The number of carboxylic acids is 2. The molecule has 0 aliphatic rings. The number of aromatic amines is 1. The second kappa shape index (κ2) is 9.51. The van der Waals surface area contributed by atoms with Crippen LogP contribution in [0.4, 0.5) is 0 Å². The molecule has 0 radical (unpaired) electrons. The van der Waals surface area contributed by atoms with Crippen molar-refractivity contribution in [3.8, 4) is 0 Å². The highest BCUT2D eigenvalue weighted by atomic mass is 16.4. The first-order valence-electron chi connectivity index (χ1n) is 5.85. The average Bonchev–Trinajstić information content (AvgIpc) is 2.41. The fourth-order valence-corrected chi connectivity index (χ4v) is 1.05. The molecule has 0 saturated heterocycles. The lowest BCUT2D eigenvalue weighted by Crippen LogP contribution is -2.19. The smallest absolute Gasteiger partial charge is 0.414 e. The number of carbonyl (C=O) groups is 2. The molecular weight excluding hydrogens is 264 g/mol. The standard InChI is InChI=1S/C11H16N2O.C2H2O4/c1-9(12-2)4-3-5-10-6-7-11(14)13-8-10;3-1(4)2(5)6/h3,5-9,12H,4H2,1-2H3,(H,13,14);(H,3,4)(H,5,6). The Labute approximate surface area is 116 Å². The van der Waals surface area contributed by atoms with Crippen LogP contribution in [0, 0.1) is 0 Å². The second-order valence-corrected chi connectivity index (χ2v) is 3.92. The van der Waals surface area contributed by atoms with Crippen LogP contribution in [0.1, 0.15) is 18.9 Å². The monoisotopic (exact) mass is 282 g/mol. The molecule has 1 heterocycles. The van der Waals surface area contributed by atoms with Crippen molar-refractivity contribution in [1.82, 2.24) is 10.3 Å². The highest BCUT2D eigenvalue weighted by molar-refractivity contribution is 6.27. The van der Waals surface area contributed by atoms with Crippen LogP contribution in [0.2, 0.25) is 0 Å². The van der Waals surface area contributed by atoms with Gasteiger partial charge in [0, 0.05) is 18.3 Å². The van der Waals surface area contributed by atoms with E-state index in [9.17, 15) is 4.79 Å². The van der Waals surface area contributed by atoms with Crippen LogP contribution < -0.4 is 10.9 Å². The maximum Gasteiger partial charge on any atom is 0.414 e. The first-order chi connectivity index (χ1) is 9.36. The fourth-order valence-electron chi connectivity index (χ4n) is 1.05. The summed E-state index contributed by atoms with van der Waals surface area (Å²) in [5.41, 5.74) is 0.957. The van der Waals surface area contributed by atoms with Crippen LogP contribution >= 0.6 is 0 Å². The summed E-state index contributed by atoms with van der Waals surface area (Å²) in [6, 6.07) is 3.81. The summed E-state index contributed by atoms with van der Waals surface area (Å²) in [6.07, 6.45) is 6.79. The Balaban J connectivity index is 0.000000511. The van der Waals surface area contributed by atoms with E-state index in [4.69, 9.17) is 19.8 Å². The van der Waals surface area contributed by atoms with Gasteiger partial charge in [0.15, 0.2) is 0 Å². The van der Waals surface area contributed by atoms with Crippen LogP contribution in [0.15, 0.2) is 29.2 Å². The molecule has 1 rings (SSSR count). The third-order valence-corrected chi connectivity index (χ3v) is 2.28. The molecule has 0 aliphatic heterocycles. The highest BCUT2D eigenvalue weighted by Gasteiger charge is 2.04. The zero-order valence-electron chi connectivity index (χ0n) is 11.3. The van der Waals surface area contributed by atoms with Crippen LogP contribution in [-0.2, 0) is 9.59 Å². The molecule has 0 saturated carbocycles. The van der Waals surface area contributed by atoms with Crippen LogP contribution in [0.5, 0.6) is 0 Å². The van der Waals surface area contributed by atoms with Crippen molar-refractivity contribution in [3.05, 3.63) is 40.3 Å². The van der Waals surface area contributed by atoms with Gasteiger partial charge in [-0.2, -0.15) is 0 Å². The zero-order chi connectivity index (χ0) is 15.5. The summed E-state index contributed by atoms with van der Waals surface area (Å²) in [7, 11) is 1.94. The number of aliphatic carboxylic acids is 2. The van der Waals surface area contributed by atoms with Crippen molar-refractivity contribution in [1.29, 1.82) is 0 Å². The molecule has 1 aromatic heterocycles. The average molecular weight is 282 g/mol. The largest absolute Gasteiger partial charge is 0.473 e. The summed E-state index contributed by atoms with van der Waals surface area (Å²) in [4.78, 5) is 31.6. The van der Waals surface area contributed by atoms with Gasteiger partial charge < -0.3 is 20.5 Å². The Kier molecular flexibility index (Phi) is 8.36. The van der Waals surface area contributed by atoms with Gasteiger partial charge in [-0.05, 0) is 32.0 Å². The Hall–Kier alpha value is -2.41. The predicted octanol–water partition coefficient (Wildman–Crippen LogP) is 0.542. The maximum atomic E-state index is 10.8. The number of hydrogen-bond acceptors (Lipinski definition) is 4. The molecule has 0 aliphatic carbocycles. The van der Waals surface area contributed by atoms with Gasteiger partial charge in [0.25, 0.3) is 0 Å². The molecule has 0 bridgehead atoms. The third kappa shape index (κ3) is 8.65. The number of aromatic nitrogens is 1. The SMILES string of the molecule is CNC(C)CC=Cc1ccc(=O)[nH]c1.O=C(O)C(=O)O. The molecular formula is C13H18N2O5. The van der Waals surface area contributed by atoms with E-state index in [2.05, 4.69) is 23.3 Å². The van der Waals surface area contributed by atoms with Gasteiger partial charge in [-0.3, -0.25) is 4.79 Å². The zero-order valence-corrected chi connectivity index (χ0v) is 11.3. The molecule has 1 unspecified atom stereocenters. The van der Waals surface area contributed by atoms with E-state index < -0.39 is 11.9 Å². The van der Waals surface area contributed by atoms with Crippen molar-refractivity contribution < 1.29 is 19.8 Å². The number of pyridine rings is 1. The van der Waals surface area contributed by atoms with Crippen LogP contribution in [-0.4, -0.2) is 40.2 Å². The molecule has 7 heteroatoms. The van der Waals surface area contributed by atoms with E-state index in [-0.39, 0.29) is 5.56 Å². The van der Waals surface area contributed by atoms with Gasteiger partial charge in [0.05, 0.1) is 0 Å². The minimum absolute atomic E-state index is 0.0641. The molecule has 1 aromatic rings.